The van der Waals surface area contributed by atoms with Gasteiger partial charge in [0, 0.05) is 22.7 Å². The lowest BCUT2D eigenvalue weighted by Crippen LogP contribution is -2.24. The number of benzene rings is 2. The van der Waals surface area contributed by atoms with Crippen molar-refractivity contribution >= 4 is 35.0 Å². The van der Waals surface area contributed by atoms with Gasteiger partial charge in [-0.3, -0.25) is 19.7 Å². The van der Waals surface area contributed by atoms with E-state index in [2.05, 4.69) is 5.32 Å². The van der Waals surface area contributed by atoms with Crippen molar-refractivity contribution in [2.24, 2.45) is 0 Å². The van der Waals surface area contributed by atoms with E-state index in [1.54, 1.807) is 25.1 Å². The number of nitrogens with zero attached hydrogens (tertiary/aromatic N) is 1. The van der Waals surface area contributed by atoms with Gasteiger partial charge in [-0.05, 0) is 43.2 Å². The number of nitro benzene ring substituents is 1. The lowest BCUT2D eigenvalue weighted by molar-refractivity contribution is -0.384. The van der Waals surface area contributed by atoms with Crippen LogP contribution in [0.4, 0.5) is 11.4 Å². The van der Waals surface area contributed by atoms with Crippen LogP contribution >= 0.6 is 11.8 Å². The summed E-state index contributed by atoms with van der Waals surface area (Å²) in [6.07, 6.45) is 0.857. The Morgan fingerprint density at radius 3 is 2.56 bits per heavy atom. The second-order valence-electron chi connectivity index (χ2n) is 5.72. The van der Waals surface area contributed by atoms with Gasteiger partial charge in [-0.25, -0.2) is 0 Å². The van der Waals surface area contributed by atoms with Crippen molar-refractivity contribution in [1.82, 2.24) is 0 Å². The average Bonchev–Trinajstić information content (AvgIpc) is 2.66. The van der Waals surface area contributed by atoms with Crippen molar-refractivity contribution in [2.45, 2.75) is 30.4 Å². The van der Waals surface area contributed by atoms with Crippen LogP contribution in [0, 0.1) is 10.1 Å². The Hall–Kier alpha value is -2.87. The maximum absolute atomic E-state index is 12.0. The van der Waals surface area contributed by atoms with Crippen molar-refractivity contribution in [1.29, 1.82) is 0 Å². The molecule has 7 nitrogen and oxygen atoms in total. The first-order valence-corrected chi connectivity index (χ1v) is 9.23. The highest BCUT2D eigenvalue weighted by Crippen LogP contribution is 2.26. The molecule has 2 aromatic carbocycles. The number of thioether (sulfide) groups is 1. The number of aryl methyl sites for hydroxylation is 1. The molecule has 0 aliphatic rings. The summed E-state index contributed by atoms with van der Waals surface area (Å²) in [5, 5.41) is 12.8. The van der Waals surface area contributed by atoms with Crippen molar-refractivity contribution in [3.63, 3.8) is 0 Å². The Bertz CT molecular complexity index is 823. The van der Waals surface area contributed by atoms with Crippen molar-refractivity contribution in [3.05, 3.63) is 64.2 Å². The molecule has 0 radical (unpaired) electrons. The fourth-order valence-electron chi connectivity index (χ4n) is 2.22. The van der Waals surface area contributed by atoms with Gasteiger partial charge < -0.3 is 10.1 Å². The molecule has 1 atom stereocenters. The first-order chi connectivity index (χ1) is 12.9. The van der Waals surface area contributed by atoms with Crippen LogP contribution in [0.5, 0.6) is 0 Å². The minimum atomic E-state index is -0.553. The molecule has 0 saturated carbocycles. The number of ether oxygens (including phenoxy) is 1. The third-order valence-corrected chi connectivity index (χ3v) is 4.75. The van der Waals surface area contributed by atoms with Crippen LogP contribution < -0.4 is 5.32 Å². The third kappa shape index (κ3) is 6.41. The zero-order valence-electron chi connectivity index (χ0n) is 15.0. The van der Waals surface area contributed by atoms with Gasteiger partial charge in [0.2, 0.25) is 0 Å². The van der Waals surface area contributed by atoms with E-state index in [0.717, 1.165) is 12.0 Å². The van der Waals surface area contributed by atoms with E-state index < -0.39 is 22.0 Å². The molecule has 1 N–H and O–H groups in total. The molecule has 2 aromatic rings. The van der Waals surface area contributed by atoms with Gasteiger partial charge in [-0.1, -0.05) is 19.1 Å². The summed E-state index contributed by atoms with van der Waals surface area (Å²) < 4.78 is 5.05. The lowest BCUT2D eigenvalue weighted by Gasteiger charge is -2.11. The van der Waals surface area contributed by atoms with Gasteiger partial charge >= 0.3 is 5.97 Å². The number of hydrogen-bond donors (Lipinski definition) is 1. The minimum Gasteiger partial charge on any atom is -0.455 e. The largest absolute Gasteiger partial charge is 0.455 e. The number of esters is 1. The smallest absolute Gasteiger partial charge is 0.319 e. The predicted octanol–water partition coefficient (Wildman–Crippen LogP) is 3.82. The lowest BCUT2D eigenvalue weighted by atomic mass is 10.1. The SMILES string of the molecule is CCc1cccc(NC(=O)COC(=O)C(C)Sc2ccc([N+](=O)[O-])cc2)c1. The van der Waals surface area contributed by atoms with E-state index in [-0.39, 0.29) is 12.3 Å². The molecule has 1 unspecified atom stereocenters. The predicted molar refractivity (Wildman–Crippen MR) is 104 cm³/mol. The van der Waals surface area contributed by atoms with Crippen LogP contribution in [0.1, 0.15) is 19.4 Å². The highest BCUT2D eigenvalue weighted by molar-refractivity contribution is 8.00. The van der Waals surface area contributed by atoms with E-state index in [0.29, 0.717) is 10.6 Å². The normalized spacial score (nSPS) is 11.5. The van der Waals surface area contributed by atoms with Crippen molar-refractivity contribution in [2.75, 3.05) is 11.9 Å². The van der Waals surface area contributed by atoms with E-state index in [9.17, 15) is 19.7 Å². The molecule has 0 bridgehead atoms. The fraction of sp³-hybridized carbons (Fsp3) is 0.263. The van der Waals surface area contributed by atoms with Crippen LogP contribution in [0.3, 0.4) is 0 Å². The molecule has 0 aliphatic heterocycles. The average molecular weight is 388 g/mol. The number of non-ortho nitro benzene ring substituents is 1. The zero-order chi connectivity index (χ0) is 19.8. The molecule has 0 fully saturated rings. The van der Waals surface area contributed by atoms with Gasteiger partial charge in [-0.15, -0.1) is 11.8 Å². The number of carbonyl (C=O) groups excluding carboxylic acids is 2. The summed E-state index contributed by atoms with van der Waals surface area (Å²) in [7, 11) is 0. The molecule has 0 heterocycles. The number of rotatable bonds is 8. The number of carbonyl (C=O) groups is 2. The van der Waals surface area contributed by atoms with E-state index in [4.69, 9.17) is 4.74 Å². The maximum Gasteiger partial charge on any atom is 0.319 e. The van der Waals surface area contributed by atoms with Crippen LogP contribution in [0.2, 0.25) is 0 Å². The number of anilines is 1. The third-order valence-electron chi connectivity index (χ3n) is 3.66. The molecule has 1 amide bonds. The molecule has 0 saturated heterocycles. The Morgan fingerprint density at radius 1 is 1.22 bits per heavy atom. The van der Waals surface area contributed by atoms with Gasteiger partial charge in [-0.2, -0.15) is 0 Å². The summed E-state index contributed by atoms with van der Waals surface area (Å²) in [6.45, 7) is 3.30. The van der Waals surface area contributed by atoms with Gasteiger partial charge in [0.1, 0.15) is 5.25 Å². The summed E-state index contributed by atoms with van der Waals surface area (Å²) in [5.41, 5.74) is 1.74. The Labute approximate surface area is 161 Å². The topological polar surface area (TPSA) is 98.5 Å². The minimum absolute atomic E-state index is 0.0154. The van der Waals surface area contributed by atoms with Gasteiger partial charge in [0.15, 0.2) is 6.61 Å². The number of nitrogens with one attached hydrogen (secondary N) is 1. The van der Waals surface area contributed by atoms with Crippen LogP contribution in [-0.2, 0) is 20.7 Å². The van der Waals surface area contributed by atoms with Crippen molar-refractivity contribution in [3.8, 4) is 0 Å². The Kier molecular flexibility index (Phi) is 7.36. The first kappa shape index (κ1) is 20.4. The van der Waals surface area contributed by atoms with Gasteiger partial charge in [0.05, 0.1) is 4.92 Å². The van der Waals surface area contributed by atoms with E-state index in [1.165, 1.54) is 23.9 Å². The molecule has 0 aromatic heterocycles. The van der Waals surface area contributed by atoms with E-state index in [1.807, 2.05) is 25.1 Å². The molecule has 0 aliphatic carbocycles. The van der Waals surface area contributed by atoms with Gasteiger partial charge in [0.25, 0.3) is 11.6 Å². The molecule has 2 rings (SSSR count). The molecular weight excluding hydrogens is 368 g/mol. The summed E-state index contributed by atoms with van der Waals surface area (Å²) in [4.78, 5) is 34.8. The quantitative estimate of drug-likeness (QED) is 0.319. The van der Waals surface area contributed by atoms with E-state index >= 15 is 0 Å². The summed E-state index contributed by atoms with van der Waals surface area (Å²) >= 11 is 1.20. The van der Waals surface area contributed by atoms with Crippen LogP contribution in [0.25, 0.3) is 0 Å². The second-order valence-corrected chi connectivity index (χ2v) is 7.14. The zero-order valence-corrected chi connectivity index (χ0v) is 15.8. The van der Waals surface area contributed by atoms with Crippen molar-refractivity contribution < 1.29 is 19.2 Å². The molecule has 142 valence electrons. The standard InChI is InChI=1S/C19H20N2O5S/c1-3-14-5-4-6-15(11-14)20-18(22)12-26-19(23)13(2)27-17-9-7-16(8-10-17)21(24)25/h4-11,13H,3,12H2,1-2H3,(H,20,22). The summed E-state index contributed by atoms with van der Waals surface area (Å²) in [5.74, 6) is -0.944. The monoisotopic (exact) mass is 388 g/mol. The molecule has 27 heavy (non-hydrogen) atoms. The summed E-state index contributed by atoms with van der Waals surface area (Å²) in [6, 6.07) is 13.3. The molecular formula is C19H20N2O5S. The molecule has 0 spiro atoms. The number of nitro groups is 1. The van der Waals surface area contributed by atoms with Crippen LogP contribution in [-0.4, -0.2) is 28.7 Å². The van der Waals surface area contributed by atoms with Crippen LogP contribution in [0.15, 0.2) is 53.4 Å². The highest BCUT2D eigenvalue weighted by Gasteiger charge is 2.18. The highest BCUT2D eigenvalue weighted by atomic mass is 32.2. The first-order valence-electron chi connectivity index (χ1n) is 8.35. The molecule has 8 heteroatoms. The number of hydrogen-bond acceptors (Lipinski definition) is 6. The number of amides is 1. The second kappa shape index (κ2) is 9.72. The maximum atomic E-state index is 12.0. The fourth-order valence-corrected chi connectivity index (χ4v) is 3.08. The Morgan fingerprint density at radius 2 is 1.93 bits per heavy atom. The Balaban J connectivity index is 1.81.